The number of nitrogens with one attached hydrogen (secondary N) is 2. The van der Waals surface area contributed by atoms with Gasteiger partial charge in [0.25, 0.3) is 0 Å². The van der Waals surface area contributed by atoms with Gasteiger partial charge in [0.1, 0.15) is 5.82 Å². The summed E-state index contributed by atoms with van der Waals surface area (Å²) in [5.41, 5.74) is 0.874. The van der Waals surface area contributed by atoms with Crippen molar-refractivity contribution in [2.24, 2.45) is 0 Å². The number of hydrogen-bond acceptors (Lipinski definition) is 5. The van der Waals surface area contributed by atoms with Gasteiger partial charge in [0.2, 0.25) is 0 Å². The Morgan fingerprint density at radius 2 is 2.10 bits per heavy atom. The van der Waals surface area contributed by atoms with Crippen LogP contribution in [0.4, 0.5) is 11.6 Å². The van der Waals surface area contributed by atoms with Crippen LogP contribution in [0.15, 0.2) is 18.6 Å². The fourth-order valence-corrected chi connectivity index (χ4v) is 2.08. The first kappa shape index (κ1) is 14.6. The first-order valence-electron chi connectivity index (χ1n) is 7.17. The molecule has 110 valence electrons. The van der Waals surface area contributed by atoms with Crippen molar-refractivity contribution in [3.8, 4) is 0 Å². The maximum absolute atomic E-state index is 4.58. The molecule has 2 aromatic heterocycles. The topological polar surface area (TPSA) is 57.5 Å². The zero-order chi connectivity index (χ0) is 14.4. The molecular formula is C14H24N6. The van der Waals surface area contributed by atoms with Crippen molar-refractivity contribution in [2.45, 2.75) is 19.8 Å². The Morgan fingerprint density at radius 3 is 2.85 bits per heavy atom. The lowest BCUT2D eigenvalue weighted by Crippen LogP contribution is -2.14. The zero-order valence-corrected chi connectivity index (χ0v) is 12.6. The van der Waals surface area contributed by atoms with Crippen LogP contribution >= 0.6 is 0 Å². The second-order valence-electron chi connectivity index (χ2n) is 5.10. The number of unbranched alkanes of at least 4 members (excludes halogenated alkanes) is 1. The normalized spacial score (nSPS) is 11.2. The number of aromatic nitrogens is 3. The van der Waals surface area contributed by atoms with Gasteiger partial charge < -0.3 is 19.9 Å². The van der Waals surface area contributed by atoms with Crippen molar-refractivity contribution in [1.82, 2.24) is 19.3 Å². The fraction of sp³-hybridized carbons (Fsp3) is 0.571. The van der Waals surface area contributed by atoms with E-state index in [1.165, 1.54) is 6.42 Å². The monoisotopic (exact) mass is 276 g/mol. The zero-order valence-electron chi connectivity index (χ0n) is 12.6. The molecule has 0 aromatic carbocycles. The van der Waals surface area contributed by atoms with Crippen molar-refractivity contribution >= 4 is 17.3 Å². The highest BCUT2D eigenvalue weighted by atomic mass is 15.1. The van der Waals surface area contributed by atoms with Crippen LogP contribution < -0.4 is 10.6 Å². The molecule has 2 N–H and O–H groups in total. The fourth-order valence-electron chi connectivity index (χ4n) is 2.08. The van der Waals surface area contributed by atoms with Crippen LogP contribution in [0.1, 0.15) is 19.8 Å². The summed E-state index contributed by atoms with van der Waals surface area (Å²) < 4.78 is 1.99. The van der Waals surface area contributed by atoms with Gasteiger partial charge in [-0.3, -0.25) is 0 Å². The summed E-state index contributed by atoms with van der Waals surface area (Å²) in [6.45, 7) is 4.95. The predicted molar refractivity (Wildman–Crippen MR) is 83.4 cm³/mol. The maximum atomic E-state index is 4.58. The minimum absolute atomic E-state index is 0.846. The van der Waals surface area contributed by atoms with E-state index in [0.717, 1.165) is 43.3 Å². The third kappa shape index (κ3) is 3.84. The number of anilines is 2. The van der Waals surface area contributed by atoms with Crippen LogP contribution in [0.25, 0.3) is 5.65 Å². The van der Waals surface area contributed by atoms with Gasteiger partial charge in [-0.25, -0.2) is 9.97 Å². The van der Waals surface area contributed by atoms with Gasteiger partial charge in [-0.05, 0) is 40.4 Å². The molecule has 0 unspecified atom stereocenters. The molecular weight excluding hydrogens is 252 g/mol. The number of fused-ring (bicyclic) bond motifs is 1. The summed E-state index contributed by atoms with van der Waals surface area (Å²) in [6.07, 6.45) is 8.00. The molecule has 0 saturated heterocycles. The van der Waals surface area contributed by atoms with E-state index in [0.29, 0.717) is 0 Å². The van der Waals surface area contributed by atoms with E-state index in [1.54, 1.807) is 6.20 Å². The first-order valence-corrected chi connectivity index (χ1v) is 7.17. The Kier molecular flexibility index (Phi) is 5.17. The van der Waals surface area contributed by atoms with Crippen LogP contribution in [-0.2, 0) is 0 Å². The molecule has 2 heterocycles. The lowest BCUT2D eigenvalue weighted by Gasteiger charge is -2.11. The Labute approximate surface area is 120 Å². The molecule has 6 heteroatoms. The molecule has 0 bridgehead atoms. The molecule has 2 aromatic rings. The largest absolute Gasteiger partial charge is 0.369 e. The Hall–Kier alpha value is -1.82. The maximum Gasteiger partial charge on any atom is 0.180 e. The van der Waals surface area contributed by atoms with Gasteiger partial charge >= 0.3 is 0 Å². The predicted octanol–water partition coefficient (Wildman–Crippen LogP) is 1.91. The van der Waals surface area contributed by atoms with E-state index in [4.69, 9.17) is 0 Å². The standard InChI is InChI=1S/C14H24N6/c1-4-15-12-11-20-10-8-17-14(20)13(18-12)16-7-5-6-9-19(2)3/h8,10-11,15H,4-7,9H2,1-3H3,(H,16,18). The molecule has 0 atom stereocenters. The van der Waals surface area contributed by atoms with Crippen molar-refractivity contribution < 1.29 is 0 Å². The summed E-state index contributed by atoms with van der Waals surface area (Å²) in [6, 6.07) is 0. The minimum Gasteiger partial charge on any atom is -0.369 e. The summed E-state index contributed by atoms with van der Waals surface area (Å²) in [7, 11) is 4.20. The van der Waals surface area contributed by atoms with Gasteiger partial charge in [-0.15, -0.1) is 0 Å². The summed E-state index contributed by atoms with van der Waals surface area (Å²) in [5, 5.41) is 6.63. The Balaban J connectivity index is 1.98. The molecule has 20 heavy (non-hydrogen) atoms. The Morgan fingerprint density at radius 1 is 1.25 bits per heavy atom. The number of hydrogen-bond donors (Lipinski definition) is 2. The van der Waals surface area contributed by atoms with Gasteiger partial charge in [0.15, 0.2) is 11.5 Å². The number of nitrogens with zero attached hydrogens (tertiary/aromatic N) is 4. The molecule has 2 rings (SSSR count). The van der Waals surface area contributed by atoms with Crippen molar-refractivity contribution in [1.29, 1.82) is 0 Å². The van der Waals surface area contributed by atoms with E-state index >= 15 is 0 Å². The van der Waals surface area contributed by atoms with Crippen LogP contribution in [-0.4, -0.2) is 53.0 Å². The van der Waals surface area contributed by atoms with E-state index in [2.05, 4.69) is 46.5 Å². The SMILES string of the molecule is CCNc1cn2ccnc2c(NCCCCN(C)C)n1. The van der Waals surface area contributed by atoms with Crippen LogP contribution in [0.2, 0.25) is 0 Å². The molecule has 0 fully saturated rings. The van der Waals surface area contributed by atoms with Gasteiger partial charge in [0, 0.05) is 25.5 Å². The van der Waals surface area contributed by atoms with Crippen LogP contribution in [0.5, 0.6) is 0 Å². The molecule has 0 aliphatic carbocycles. The minimum atomic E-state index is 0.846. The smallest absolute Gasteiger partial charge is 0.180 e. The first-order chi connectivity index (χ1) is 9.70. The lowest BCUT2D eigenvalue weighted by molar-refractivity contribution is 0.396. The molecule has 0 spiro atoms. The van der Waals surface area contributed by atoms with E-state index in [1.807, 2.05) is 16.8 Å². The average molecular weight is 276 g/mol. The second kappa shape index (κ2) is 7.09. The second-order valence-corrected chi connectivity index (χ2v) is 5.10. The molecule has 0 aliphatic heterocycles. The van der Waals surface area contributed by atoms with Crippen molar-refractivity contribution in [3.05, 3.63) is 18.6 Å². The highest BCUT2D eigenvalue weighted by molar-refractivity contribution is 5.65. The lowest BCUT2D eigenvalue weighted by atomic mass is 10.3. The summed E-state index contributed by atoms with van der Waals surface area (Å²) in [4.78, 5) is 11.1. The van der Waals surface area contributed by atoms with E-state index in [9.17, 15) is 0 Å². The summed E-state index contributed by atoms with van der Waals surface area (Å²) >= 11 is 0. The third-order valence-corrected chi connectivity index (χ3v) is 3.06. The average Bonchev–Trinajstić information content (AvgIpc) is 2.86. The summed E-state index contributed by atoms with van der Waals surface area (Å²) in [5.74, 6) is 1.71. The molecule has 0 aliphatic rings. The number of rotatable bonds is 8. The van der Waals surface area contributed by atoms with Gasteiger partial charge in [-0.2, -0.15) is 0 Å². The highest BCUT2D eigenvalue weighted by Crippen LogP contribution is 2.16. The Bertz CT molecular complexity index is 533. The molecule has 0 radical (unpaired) electrons. The molecule has 0 amide bonds. The van der Waals surface area contributed by atoms with Gasteiger partial charge in [0.05, 0.1) is 6.20 Å². The van der Waals surface area contributed by atoms with Crippen molar-refractivity contribution in [3.63, 3.8) is 0 Å². The van der Waals surface area contributed by atoms with E-state index < -0.39 is 0 Å². The molecule has 6 nitrogen and oxygen atoms in total. The molecule has 0 saturated carbocycles. The van der Waals surface area contributed by atoms with Crippen LogP contribution in [0.3, 0.4) is 0 Å². The third-order valence-electron chi connectivity index (χ3n) is 3.06. The number of imidazole rings is 1. The quantitative estimate of drug-likeness (QED) is 0.721. The van der Waals surface area contributed by atoms with Gasteiger partial charge in [-0.1, -0.05) is 0 Å². The highest BCUT2D eigenvalue weighted by Gasteiger charge is 2.06. The van der Waals surface area contributed by atoms with Crippen molar-refractivity contribution in [2.75, 3.05) is 44.4 Å². The van der Waals surface area contributed by atoms with E-state index in [-0.39, 0.29) is 0 Å². The van der Waals surface area contributed by atoms with Crippen LogP contribution in [0, 0.1) is 0 Å².